The highest BCUT2D eigenvalue weighted by Gasteiger charge is 2.17. The molecule has 0 radical (unpaired) electrons. The van der Waals surface area contributed by atoms with E-state index < -0.39 is 0 Å². The number of pyridine rings is 1. The molecule has 0 atom stereocenters. The first kappa shape index (κ1) is 10.9. The third-order valence-electron chi connectivity index (χ3n) is 3.50. The minimum absolute atomic E-state index is 0.110. The maximum absolute atomic E-state index is 11.3. The lowest BCUT2D eigenvalue weighted by Crippen LogP contribution is -1.91. The van der Waals surface area contributed by atoms with Crippen molar-refractivity contribution in [1.29, 1.82) is 0 Å². The molecule has 20 heavy (non-hydrogen) atoms. The van der Waals surface area contributed by atoms with Gasteiger partial charge in [-0.05, 0) is 18.2 Å². The van der Waals surface area contributed by atoms with Crippen molar-refractivity contribution < 1.29 is 4.92 Å². The van der Waals surface area contributed by atoms with Crippen LogP contribution >= 0.6 is 0 Å². The number of nitrogens with zero attached hydrogens (tertiary/aromatic N) is 3. The predicted octanol–water partition coefficient (Wildman–Crippen LogP) is 3.55. The quantitative estimate of drug-likeness (QED) is 0.389. The van der Waals surface area contributed by atoms with Gasteiger partial charge in [0.15, 0.2) is 0 Å². The number of aromatic nitrogens is 2. The van der Waals surface area contributed by atoms with Crippen LogP contribution in [0.15, 0.2) is 54.7 Å². The zero-order valence-electron chi connectivity index (χ0n) is 10.4. The minimum atomic E-state index is -0.343. The Morgan fingerprint density at radius 2 is 1.80 bits per heavy atom. The Bertz CT molecular complexity index is 988. The SMILES string of the molecule is O=[N+]([O-])c1cc2c(nc3ccccn32)c2ccccc12. The summed E-state index contributed by atoms with van der Waals surface area (Å²) in [5, 5.41) is 12.7. The van der Waals surface area contributed by atoms with Crippen molar-refractivity contribution in [3.05, 3.63) is 64.8 Å². The van der Waals surface area contributed by atoms with Gasteiger partial charge in [0.1, 0.15) is 5.65 Å². The maximum Gasteiger partial charge on any atom is 0.279 e. The van der Waals surface area contributed by atoms with Crippen LogP contribution in [0, 0.1) is 10.1 Å². The molecule has 96 valence electrons. The van der Waals surface area contributed by atoms with Crippen molar-refractivity contribution in [2.75, 3.05) is 0 Å². The smallest absolute Gasteiger partial charge is 0.279 e. The zero-order chi connectivity index (χ0) is 13.7. The molecule has 0 saturated heterocycles. The molecule has 0 bridgehead atoms. The van der Waals surface area contributed by atoms with Crippen LogP contribution in [0.25, 0.3) is 27.5 Å². The van der Waals surface area contributed by atoms with Gasteiger partial charge < -0.3 is 0 Å². The number of non-ortho nitro benzene ring substituents is 1. The Morgan fingerprint density at radius 3 is 2.60 bits per heavy atom. The van der Waals surface area contributed by atoms with Crippen LogP contribution in [0.5, 0.6) is 0 Å². The Hall–Kier alpha value is -2.95. The number of nitro benzene ring substituents is 1. The number of hydrogen-bond donors (Lipinski definition) is 0. The fourth-order valence-electron chi connectivity index (χ4n) is 2.62. The molecular weight excluding hydrogens is 254 g/mol. The number of rotatable bonds is 1. The van der Waals surface area contributed by atoms with Crippen LogP contribution in [0.4, 0.5) is 5.69 Å². The first-order valence-electron chi connectivity index (χ1n) is 6.18. The number of nitro groups is 1. The predicted molar refractivity (Wildman–Crippen MR) is 76.9 cm³/mol. The van der Waals surface area contributed by atoms with E-state index in [4.69, 9.17) is 0 Å². The van der Waals surface area contributed by atoms with Gasteiger partial charge in [-0.2, -0.15) is 0 Å². The third kappa shape index (κ3) is 1.34. The Morgan fingerprint density at radius 1 is 1.05 bits per heavy atom. The van der Waals surface area contributed by atoms with E-state index in [2.05, 4.69) is 4.98 Å². The highest BCUT2D eigenvalue weighted by Crippen LogP contribution is 2.33. The summed E-state index contributed by atoms with van der Waals surface area (Å²) in [5.74, 6) is 0. The van der Waals surface area contributed by atoms with Gasteiger partial charge in [0.05, 0.1) is 21.3 Å². The van der Waals surface area contributed by atoms with Crippen LogP contribution in [0.3, 0.4) is 0 Å². The van der Waals surface area contributed by atoms with Gasteiger partial charge in [-0.15, -0.1) is 0 Å². The van der Waals surface area contributed by atoms with Crippen LogP contribution in [-0.2, 0) is 0 Å². The van der Waals surface area contributed by atoms with E-state index in [1.807, 2.05) is 40.9 Å². The molecule has 5 nitrogen and oxygen atoms in total. The van der Waals surface area contributed by atoms with E-state index >= 15 is 0 Å². The lowest BCUT2D eigenvalue weighted by molar-refractivity contribution is -0.382. The summed E-state index contributed by atoms with van der Waals surface area (Å²) in [6.07, 6.45) is 1.86. The van der Waals surface area contributed by atoms with E-state index in [9.17, 15) is 10.1 Å². The summed E-state index contributed by atoms with van der Waals surface area (Å²) in [5.41, 5.74) is 2.44. The second-order valence-corrected chi connectivity index (χ2v) is 4.61. The lowest BCUT2D eigenvalue weighted by atomic mass is 10.1. The van der Waals surface area contributed by atoms with E-state index in [-0.39, 0.29) is 10.6 Å². The largest absolute Gasteiger partial charge is 0.299 e. The molecule has 0 aliphatic carbocycles. The average molecular weight is 263 g/mol. The molecular formula is C15H9N3O2. The van der Waals surface area contributed by atoms with Crippen LogP contribution in [-0.4, -0.2) is 14.3 Å². The summed E-state index contributed by atoms with van der Waals surface area (Å²) in [7, 11) is 0. The fraction of sp³-hybridized carbons (Fsp3) is 0. The molecule has 0 aliphatic heterocycles. The molecule has 4 rings (SSSR count). The molecule has 0 N–H and O–H groups in total. The fourth-order valence-corrected chi connectivity index (χ4v) is 2.62. The topological polar surface area (TPSA) is 60.4 Å². The molecule has 0 fully saturated rings. The van der Waals surface area contributed by atoms with Gasteiger partial charge in [0, 0.05) is 17.6 Å². The Kier molecular flexibility index (Phi) is 2.06. The van der Waals surface area contributed by atoms with Crippen molar-refractivity contribution in [2.24, 2.45) is 0 Å². The molecule has 2 aromatic carbocycles. The summed E-state index contributed by atoms with van der Waals surface area (Å²) in [6.45, 7) is 0. The molecule has 2 heterocycles. The van der Waals surface area contributed by atoms with E-state index in [1.165, 1.54) is 0 Å². The molecule has 0 spiro atoms. The highest BCUT2D eigenvalue weighted by molar-refractivity contribution is 6.09. The van der Waals surface area contributed by atoms with E-state index in [1.54, 1.807) is 18.2 Å². The first-order chi connectivity index (χ1) is 9.75. The summed E-state index contributed by atoms with van der Waals surface area (Å²) >= 11 is 0. The van der Waals surface area contributed by atoms with Gasteiger partial charge in [-0.25, -0.2) is 4.98 Å². The summed E-state index contributed by atoms with van der Waals surface area (Å²) < 4.78 is 1.87. The van der Waals surface area contributed by atoms with Crippen molar-refractivity contribution >= 4 is 33.1 Å². The number of fused-ring (bicyclic) bond motifs is 5. The maximum atomic E-state index is 11.3. The van der Waals surface area contributed by atoms with Gasteiger partial charge in [-0.1, -0.05) is 24.3 Å². The monoisotopic (exact) mass is 263 g/mol. The van der Waals surface area contributed by atoms with Gasteiger partial charge in [0.25, 0.3) is 5.69 Å². The summed E-state index contributed by atoms with van der Waals surface area (Å²) in [6, 6.07) is 14.6. The van der Waals surface area contributed by atoms with Gasteiger partial charge in [-0.3, -0.25) is 14.5 Å². The van der Waals surface area contributed by atoms with E-state index in [0.29, 0.717) is 5.39 Å². The van der Waals surface area contributed by atoms with Crippen LogP contribution in [0.2, 0.25) is 0 Å². The molecule has 0 saturated carbocycles. The first-order valence-corrected chi connectivity index (χ1v) is 6.18. The molecule has 4 aromatic rings. The van der Waals surface area contributed by atoms with Gasteiger partial charge in [0.2, 0.25) is 0 Å². The zero-order valence-corrected chi connectivity index (χ0v) is 10.4. The third-order valence-corrected chi connectivity index (χ3v) is 3.50. The molecule has 2 aromatic heterocycles. The lowest BCUT2D eigenvalue weighted by Gasteiger charge is -2.01. The normalized spacial score (nSPS) is 11.4. The van der Waals surface area contributed by atoms with Crippen molar-refractivity contribution in [2.45, 2.75) is 0 Å². The van der Waals surface area contributed by atoms with E-state index in [0.717, 1.165) is 22.1 Å². The average Bonchev–Trinajstić information content (AvgIpc) is 2.85. The Labute approximate surface area is 113 Å². The number of benzene rings is 2. The van der Waals surface area contributed by atoms with Crippen molar-refractivity contribution in [3.63, 3.8) is 0 Å². The summed E-state index contributed by atoms with van der Waals surface area (Å²) in [4.78, 5) is 15.5. The second-order valence-electron chi connectivity index (χ2n) is 4.61. The highest BCUT2D eigenvalue weighted by atomic mass is 16.6. The Balaban J connectivity index is 2.33. The van der Waals surface area contributed by atoms with Gasteiger partial charge >= 0.3 is 0 Å². The minimum Gasteiger partial charge on any atom is -0.299 e. The molecule has 0 unspecified atom stereocenters. The standard InChI is InChI=1S/C15H9N3O2/c19-18(20)12-9-13-15(11-6-2-1-5-10(11)12)16-14-7-3-4-8-17(13)14/h1-9H. The van der Waals surface area contributed by atoms with Crippen molar-refractivity contribution in [3.8, 4) is 0 Å². The van der Waals surface area contributed by atoms with Crippen LogP contribution in [0.1, 0.15) is 0 Å². The molecule has 5 heteroatoms. The second kappa shape index (κ2) is 3.77. The van der Waals surface area contributed by atoms with Crippen molar-refractivity contribution in [1.82, 2.24) is 9.38 Å². The number of imidazole rings is 1. The molecule has 0 amide bonds. The van der Waals surface area contributed by atoms with Crippen LogP contribution < -0.4 is 0 Å². The molecule has 0 aliphatic rings. The number of hydrogen-bond acceptors (Lipinski definition) is 3.